The number of rotatable bonds is 7. The number of pyridine rings is 1. The minimum atomic E-state index is -3.01. The van der Waals surface area contributed by atoms with Gasteiger partial charge in [0.15, 0.2) is 5.82 Å². The van der Waals surface area contributed by atoms with Crippen LogP contribution in [0, 0.1) is 6.92 Å². The zero-order valence-electron chi connectivity index (χ0n) is 19.5. The maximum Gasteiger partial charge on any atom is 0.287 e. The van der Waals surface area contributed by atoms with Crippen LogP contribution in [0.1, 0.15) is 44.7 Å². The number of fused-ring (bicyclic) bond motifs is 1. The van der Waals surface area contributed by atoms with Crippen molar-refractivity contribution < 1.29 is 18.4 Å². The summed E-state index contributed by atoms with van der Waals surface area (Å²) >= 11 is 6.32. The number of carbonyl (C=O) groups is 2. The molecule has 0 saturated carbocycles. The van der Waals surface area contributed by atoms with Gasteiger partial charge in [-0.3, -0.25) is 24.5 Å². The first-order chi connectivity index (χ1) is 17.5. The molecule has 0 aliphatic heterocycles. The third-order valence-corrected chi connectivity index (χ3v) is 6.00. The van der Waals surface area contributed by atoms with Crippen LogP contribution in [0.5, 0.6) is 0 Å². The Morgan fingerprint density at radius 3 is 2.73 bits per heavy atom. The van der Waals surface area contributed by atoms with Crippen LogP contribution >= 0.6 is 11.6 Å². The highest BCUT2D eigenvalue weighted by molar-refractivity contribution is 6.32. The van der Waals surface area contributed by atoms with E-state index in [0.29, 0.717) is 22.2 Å². The maximum absolute atomic E-state index is 13.5. The van der Waals surface area contributed by atoms with E-state index < -0.39 is 17.7 Å². The summed E-state index contributed by atoms with van der Waals surface area (Å²) in [5, 5.41) is 17.3. The predicted molar refractivity (Wildman–Crippen MR) is 131 cm³/mol. The zero-order valence-corrected chi connectivity index (χ0v) is 20.3. The molecule has 0 atom stereocenters. The number of aromatic amines is 2. The second-order valence-corrected chi connectivity index (χ2v) is 8.92. The van der Waals surface area contributed by atoms with Crippen molar-refractivity contribution in [2.24, 2.45) is 5.73 Å². The summed E-state index contributed by atoms with van der Waals surface area (Å²) in [7, 11) is 0. The first kappa shape index (κ1) is 24.2. The van der Waals surface area contributed by atoms with E-state index in [1.165, 1.54) is 27.8 Å². The summed E-state index contributed by atoms with van der Waals surface area (Å²) in [6.45, 7) is 2.57. The van der Waals surface area contributed by atoms with Crippen molar-refractivity contribution in [3.8, 4) is 5.82 Å². The van der Waals surface area contributed by atoms with Crippen molar-refractivity contribution in [1.29, 1.82) is 0 Å². The Morgan fingerprint density at radius 1 is 1.30 bits per heavy atom. The van der Waals surface area contributed by atoms with Crippen LogP contribution in [-0.2, 0) is 12.5 Å². The number of benzene rings is 1. The standard InChI is InChI=1S/C23H20ClF2N9O2/c1-11-6-12-8-29-31-19(12)17(20(27)36)18(11)30-22(37)15-7-13(9-34-10-16(33-34)23(2,25)26)32-35(15)21-14(24)4-3-5-28-21/h3-8,10,33H,9H2,1-2H3,(H2,27,36)(H,29,31)(H,30,37). The number of hydrogen-bond donors (Lipinski definition) is 4. The maximum atomic E-state index is 13.5. The monoisotopic (exact) mass is 527 g/mol. The van der Waals surface area contributed by atoms with E-state index >= 15 is 0 Å². The van der Waals surface area contributed by atoms with E-state index in [0.717, 1.165) is 6.92 Å². The van der Waals surface area contributed by atoms with E-state index in [1.54, 1.807) is 31.3 Å². The molecular weight excluding hydrogens is 508 g/mol. The first-order valence-corrected chi connectivity index (χ1v) is 11.3. The lowest BCUT2D eigenvalue weighted by Crippen LogP contribution is -2.22. The van der Waals surface area contributed by atoms with Crippen molar-refractivity contribution in [3.63, 3.8) is 0 Å². The quantitative estimate of drug-likeness (QED) is 0.254. The van der Waals surface area contributed by atoms with Gasteiger partial charge in [-0.05, 0) is 36.8 Å². The van der Waals surface area contributed by atoms with Crippen molar-refractivity contribution >= 4 is 40.0 Å². The highest BCUT2D eigenvalue weighted by Crippen LogP contribution is 2.30. The lowest BCUT2D eigenvalue weighted by atomic mass is 10.0. The van der Waals surface area contributed by atoms with Crippen molar-refractivity contribution in [1.82, 2.24) is 34.7 Å². The Bertz CT molecular complexity index is 1650. The zero-order chi connectivity index (χ0) is 26.5. The average Bonchev–Trinajstić information content (AvgIpc) is 3.42. The summed E-state index contributed by atoms with van der Waals surface area (Å²) in [6, 6.07) is 6.44. The Labute approximate surface area is 212 Å². The van der Waals surface area contributed by atoms with Gasteiger partial charge < -0.3 is 11.1 Å². The molecule has 190 valence electrons. The minimum absolute atomic E-state index is 0.0423. The molecule has 5 N–H and O–H groups in total. The number of primary amides is 1. The second-order valence-electron chi connectivity index (χ2n) is 8.51. The molecule has 37 heavy (non-hydrogen) atoms. The molecule has 14 heteroatoms. The molecular formula is C23H20ClF2N9O2. The number of H-pyrrole nitrogens is 2. The number of hydrogen-bond acceptors (Lipinski definition) is 5. The van der Waals surface area contributed by atoms with Gasteiger partial charge in [-0.25, -0.2) is 9.67 Å². The third kappa shape index (κ3) is 4.44. The smallest absolute Gasteiger partial charge is 0.287 e. The van der Waals surface area contributed by atoms with Gasteiger partial charge in [0.05, 0.1) is 40.2 Å². The summed E-state index contributed by atoms with van der Waals surface area (Å²) in [5.41, 5.74) is 7.05. The number of aryl methyl sites for hydroxylation is 1. The molecule has 2 amide bonds. The summed E-state index contributed by atoms with van der Waals surface area (Å²) in [5.74, 6) is -4.20. The number of anilines is 1. The van der Waals surface area contributed by atoms with Crippen molar-refractivity contribution in [2.75, 3.05) is 5.32 Å². The number of nitrogens with two attached hydrogens (primary N) is 1. The fraction of sp³-hybridized carbons (Fsp3) is 0.174. The fourth-order valence-electron chi connectivity index (χ4n) is 3.96. The van der Waals surface area contributed by atoms with Crippen LogP contribution in [0.2, 0.25) is 5.02 Å². The number of nitrogens with one attached hydrogen (secondary N) is 3. The summed E-state index contributed by atoms with van der Waals surface area (Å²) in [4.78, 5) is 30.1. The molecule has 5 rings (SSSR count). The van der Waals surface area contributed by atoms with E-state index in [4.69, 9.17) is 17.3 Å². The number of carbonyl (C=O) groups excluding carboxylic acids is 2. The van der Waals surface area contributed by atoms with Crippen LogP contribution < -0.4 is 11.1 Å². The van der Waals surface area contributed by atoms with Crippen molar-refractivity contribution in [3.05, 3.63) is 76.1 Å². The van der Waals surface area contributed by atoms with Crippen LogP contribution in [0.4, 0.5) is 14.5 Å². The molecule has 0 unspecified atom stereocenters. The van der Waals surface area contributed by atoms with Crippen molar-refractivity contribution in [2.45, 2.75) is 26.3 Å². The van der Waals surface area contributed by atoms with E-state index in [1.807, 2.05) is 0 Å². The van der Waals surface area contributed by atoms with E-state index in [-0.39, 0.29) is 40.0 Å². The Kier molecular flexibility index (Phi) is 5.79. The molecule has 0 aliphatic rings. The van der Waals surface area contributed by atoms with Gasteiger partial charge in [0.1, 0.15) is 11.4 Å². The summed E-state index contributed by atoms with van der Waals surface area (Å²) < 4.78 is 29.5. The Hall–Kier alpha value is -4.52. The number of alkyl halides is 2. The molecule has 0 aliphatic carbocycles. The Balaban J connectivity index is 1.55. The molecule has 0 spiro atoms. The molecule has 0 radical (unpaired) electrons. The summed E-state index contributed by atoms with van der Waals surface area (Å²) in [6.07, 6.45) is 4.29. The number of aromatic nitrogens is 7. The number of nitrogens with zero attached hydrogens (tertiary/aromatic N) is 5. The average molecular weight is 528 g/mol. The molecule has 5 aromatic rings. The normalized spacial score (nSPS) is 11.8. The van der Waals surface area contributed by atoms with Gasteiger partial charge in [-0.1, -0.05) is 11.6 Å². The Morgan fingerprint density at radius 2 is 2.05 bits per heavy atom. The number of halogens is 3. The van der Waals surface area contributed by atoms with E-state index in [2.05, 4.69) is 30.7 Å². The van der Waals surface area contributed by atoms with Gasteiger partial charge in [-0.2, -0.15) is 19.0 Å². The van der Waals surface area contributed by atoms with Crippen LogP contribution in [0.25, 0.3) is 16.7 Å². The third-order valence-electron chi connectivity index (χ3n) is 5.71. The van der Waals surface area contributed by atoms with Gasteiger partial charge in [0.25, 0.3) is 17.7 Å². The highest BCUT2D eigenvalue weighted by Gasteiger charge is 2.29. The minimum Gasteiger partial charge on any atom is -0.365 e. The molecule has 4 aromatic heterocycles. The van der Waals surface area contributed by atoms with Gasteiger partial charge in [0, 0.05) is 24.7 Å². The van der Waals surface area contributed by atoms with Gasteiger partial charge >= 0.3 is 0 Å². The lowest BCUT2D eigenvalue weighted by Gasteiger charge is -2.19. The molecule has 11 nitrogen and oxygen atoms in total. The number of amides is 2. The molecule has 4 heterocycles. The van der Waals surface area contributed by atoms with Crippen LogP contribution in [0.15, 0.2) is 42.9 Å². The van der Waals surface area contributed by atoms with E-state index in [9.17, 15) is 18.4 Å². The SMILES string of the molecule is Cc1cc2cn[nH]c2c(C(N)=O)c1NC(=O)c1cc(Cn2cc(C(C)(F)F)[nH]2)nn1-c1ncccc1Cl. The topological polar surface area (TPSA) is 152 Å². The molecule has 0 fully saturated rings. The van der Waals surface area contributed by atoms with Gasteiger partial charge in [0.2, 0.25) is 0 Å². The fourth-order valence-corrected chi connectivity index (χ4v) is 4.16. The largest absolute Gasteiger partial charge is 0.365 e. The van der Waals surface area contributed by atoms with Crippen LogP contribution in [0.3, 0.4) is 0 Å². The second kappa shape index (κ2) is 8.85. The van der Waals surface area contributed by atoms with Gasteiger partial charge in [-0.15, -0.1) is 0 Å². The molecule has 1 aromatic carbocycles. The lowest BCUT2D eigenvalue weighted by molar-refractivity contribution is 0.00632. The first-order valence-electron chi connectivity index (χ1n) is 10.9. The predicted octanol–water partition coefficient (Wildman–Crippen LogP) is 3.75. The van der Waals surface area contributed by atoms with Crippen LogP contribution in [-0.4, -0.2) is 46.6 Å². The highest BCUT2D eigenvalue weighted by atomic mass is 35.5. The molecule has 0 bridgehead atoms. The molecule has 0 saturated heterocycles.